The van der Waals surface area contributed by atoms with Gasteiger partial charge in [-0.2, -0.15) is 0 Å². The average molecular weight is 316 g/mol. The second kappa shape index (κ2) is 5.80. The summed E-state index contributed by atoms with van der Waals surface area (Å²) in [7, 11) is 1.65. The number of rotatable bonds is 3. The average Bonchev–Trinajstić information content (AvgIpc) is 2.79. The minimum atomic E-state index is -0.433. The summed E-state index contributed by atoms with van der Waals surface area (Å²) in [5.41, 5.74) is 0.316. The number of hydrogen-bond donors (Lipinski definition) is 1. The van der Waals surface area contributed by atoms with Gasteiger partial charge in [-0.05, 0) is 47.3 Å². The number of methoxy groups -OCH3 is 1. The van der Waals surface area contributed by atoms with Gasteiger partial charge in [0.25, 0.3) is 5.91 Å². The van der Waals surface area contributed by atoms with Gasteiger partial charge in [-0.15, -0.1) is 0 Å². The molecule has 0 bridgehead atoms. The van der Waals surface area contributed by atoms with E-state index in [1.54, 1.807) is 13.2 Å². The Morgan fingerprint density at radius 3 is 3.00 bits per heavy atom. The third kappa shape index (κ3) is 2.72. The molecule has 0 saturated heterocycles. The summed E-state index contributed by atoms with van der Waals surface area (Å²) >= 11 is 3.10. The van der Waals surface area contributed by atoms with Crippen molar-refractivity contribution < 1.29 is 13.9 Å². The highest BCUT2D eigenvalue weighted by Gasteiger charge is 2.29. The summed E-state index contributed by atoms with van der Waals surface area (Å²) in [6.07, 6.45) is 2.94. The first kappa shape index (κ1) is 13.5. The minimum Gasteiger partial charge on any atom is -0.379 e. The highest BCUT2D eigenvalue weighted by atomic mass is 79.9. The van der Waals surface area contributed by atoms with Gasteiger partial charge in [0.2, 0.25) is 0 Å². The van der Waals surface area contributed by atoms with E-state index < -0.39 is 5.82 Å². The van der Waals surface area contributed by atoms with E-state index in [9.17, 15) is 9.18 Å². The molecule has 2 unspecified atom stereocenters. The van der Waals surface area contributed by atoms with Gasteiger partial charge in [-0.3, -0.25) is 4.79 Å². The molecule has 3 nitrogen and oxygen atoms in total. The number of hydrogen-bond acceptors (Lipinski definition) is 2. The highest BCUT2D eigenvalue weighted by Crippen LogP contribution is 2.24. The van der Waals surface area contributed by atoms with Gasteiger partial charge in [-0.1, -0.05) is 6.07 Å². The first-order chi connectivity index (χ1) is 8.63. The van der Waals surface area contributed by atoms with E-state index in [0.29, 0.717) is 5.56 Å². The first-order valence-corrected chi connectivity index (χ1v) is 6.70. The van der Waals surface area contributed by atoms with E-state index in [0.717, 1.165) is 19.3 Å². The summed E-state index contributed by atoms with van der Waals surface area (Å²) in [5.74, 6) is -0.701. The second-order valence-electron chi connectivity index (χ2n) is 4.39. The van der Waals surface area contributed by atoms with Crippen LogP contribution in [0.3, 0.4) is 0 Å². The van der Waals surface area contributed by atoms with E-state index >= 15 is 0 Å². The molecule has 2 rings (SSSR count). The lowest BCUT2D eigenvalue weighted by molar-refractivity contribution is 0.0721. The van der Waals surface area contributed by atoms with Crippen LogP contribution in [0.2, 0.25) is 0 Å². The Hall–Kier alpha value is -0.940. The third-order valence-electron chi connectivity index (χ3n) is 3.27. The van der Waals surface area contributed by atoms with Crippen LogP contribution in [0, 0.1) is 5.82 Å². The zero-order valence-corrected chi connectivity index (χ0v) is 11.7. The minimum absolute atomic E-state index is 0.0117. The van der Waals surface area contributed by atoms with Crippen molar-refractivity contribution in [1.82, 2.24) is 5.32 Å². The number of carbonyl (C=O) groups is 1. The molecule has 18 heavy (non-hydrogen) atoms. The van der Waals surface area contributed by atoms with Gasteiger partial charge in [0, 0.05) is 7.11 Å². The van der Waals surface area contributed by atoms with Crippen LogP contribution >= 0.6 is 15.9 Å². The maximum Gasteiger partial charge on any atom is 0.252 e. The summed E-state index contributed by atoms with van der Waals surface area (Å²) < 4.78 is 18.9. The van der Waals surface area contributed by atoms with Crippen LogP contribution in [0.25, 0.3) is 0 Å². The summed E-state index contributed by atoms with van der Waals surface area (Å²) in [6, 6.07) is 4.45. The zero-order valence-electron chi connectivity index (χ0n) is 10.1. The molecule has 5 heteroatoms. The maximum atomic E-state index is 13.3. The van der Waals surface area contributed by atoms with Crippen molar-refractivity contribution in [3.63, 3.8) is 0 Å². The largest absolute Gasteiger partial charge is 0.379 e. The SMILES string of the molecule is COC1CCCC1NC(=O)c1cccc(F)c1Br. The van der Waals surface area contributed by atoms with Crippen molar-refractivity contribution >= 4 is 21.8 Å². The lowest BCUT2D eigenvalue weighted by Gasteiger charge is -2.20. The molecule has 2 atom stereocenters. The van der Waals surface area contributed by atoms with Gasteiger partial charge in [0.1, 0.15) is 5.82 Å². The molecule has 1 aliphatic carbocycles. The third-order valence-corrected chi connectivity index (χ3v) is 4.07. The van der Waals surface area contributed by atoms with Crippen molar-refractivity contribution in [3.8, 4) is 0 Å². The van der Waals surface area contributed by atoms with Gasteiger partial charge < -0.3 is 10.1 Å². The fourth-order valence-corrected chi connectivity index (χ4v) is 2.74. The van der Waals surface area contributed by atoms with Crippen molar-refractivity contribution in [2.75, 3.05) is 7.11 Å². The molecule has 0 radical (unpaired) electrons. The van der Waals surface area contributed by atoms with Crippen molar-refractivity contribution in [2.24, 2.45) is 0 Å². The predicted octanol–water partition coefficient (Wildman–Crippen LogP) is 2.89. The Morgan fingerprint density at radius 2 is 2.28 bits per heavy atom. The predicted molar refractivity (Wildman–Crippen MR) is 70.0 cm³/mol. The standard InChI is InChI=1S/C13H15BrFNO2/c1-18-11-7-3-6-10(11)16-13(17)8-4-2-5-9(15)12(8)14/h2,4-5,10-11H,3,6-7H2,1H3,(H,16,17). The van der Waals surface area contributed by atoms with E-state index in [4.69, 9.17) is 4.74 Å². The zero-order chi connectivity index (χ0) is 13.1. The number of halogens is 2. The Morgan fingerprint density at radius 1 is 1.50 bits per heavy atom. The Balaban J connectivity index is 2.10. The van der Waals surface area contributed by atoms with Crippen molar-refractivity contribution in [1.29, 1.82) is 0 Å². The summed E-state index contributed by atoms with van der Waals surface area (Å²) in [4.78, 5) is 12.1. The monoisotopic (exact) mass is 315 g/mol. The number of amides is 1. The fraction of sp³-hybridized carbons (Fsp3) is 0.462. The number of carbonyl (C=O) groups excluding carboxylic acids is 1. The summed E-state index contributed by atoms with van der Waals surface area (Å²) in [5, 5.41) is 2.90. The van der Waals surface area contributed by atoms with Gasteiger partial charge in [0.15, 0.2) is 0 Å². The summed E-state index contributed by atoms with van der Waals surface area (Å²) in [6.45, 7) is 0. The quantitative estimate of drug-likeness (QED) is 0.931. The molecule has 0 aliphatic heterocycles. The van der Waals surface area contributed by atoms with Crippen LogP contribution in [0.5, 0.6) is 0 Å². The topological polar surface area (TPSA) is 38.3 Å². The lowest BCUT2D eigenvalue weighted by Crippen LogP contribution is -2.40. The van der Waals surface area contributed by atoms with Crippen LogP contribution in [0.15, 0.2) is 22.7 Å². The van der Waals surface area contributed by atoms with Crippen LogP contribution in [-0.2, 0) is 4.74 Å². The van der Waals surface area contributed by atoms with Crippen LogP contribution in [0.1, 0.15) is 29.6 Å². The molecule has 0 spiro atoms. The normalized spacial score (nSPS) is 23.1. The smallest absolute Gasteiger partial charge is 0.252 e. The molecule has 0 heterocycles. The van der Waals surface area contributed by atoms with Crippen molar-refractivity contribution in [2.45, 2.75) is 31.4 Å². The Bertz CT molecular complexity index is 453. The molecule has 1 aromatic rings. The van der Waals surface area contributed by atoms with Gasteiger partial charge >= 0.3 is 0 Å². The van der Waals surface area contributed by atoms with E-state index in [1.165, 1.54) is 12.1 Å². The van der Waals surface area contributed by atoms with Crippen LogP contribution in [0.4, 0.5) is 4.39 Å². The van der Waals surface area contributed by atoms with Gasteiger partial charge in [-0.25, -0.2) is 4.39 Å². The molecule has 98 valence electrons. The molecule has 1 aromatic carbocycles. The molecular weight excluding hydrogens is 301 g/mol. The number of nitrogens with one attached hydrogen (secondary N) is 1. The Labute approximate surface area is 114 Å². The highest BCUT2D eigenvalue weighted by molar-refractivity contribution is 9.10. The second-order valence-corrected chi connectivity index (χ2v) is 5.18. The molecule has 1 aliphatic rings. The lowest BCUT2D eigenvalue weighted by atomic mass is 10.1. The Kier molecular flexibility index (Phi) is 4.35. The number of ether oxygens (including phenoxy) is 1. The maximum absolute atomic E-state index is 13.3. The van der Waals surface area contributed by atoms with E-state index in [1.807, 2.05) is 0 Å². The molecule has 1 saturated carbocycles. The fourth-order valence-electron chi connectivity index (χ4n) is 2.30. The van der Waals surface area contributed by atoms with Crippen LogP contribution in [-0.4, -0.2) is 25.2 Å². The van der Waals surface area contributed by atoms with Crippen LogP contribution < -0.4 is 5.32 Å². The van der Waals surface area contributed by atoms with E-state index in [2.05, 4.69) is 21.2 Å². The number of benzene rings is 1. The molecule has 1 fully saturated rings. The first-order valence-electron chi connectivity index (χ1n) is 5.91. The molecular formula is C13H15BrFNO2. The molecule has 1 amide bonds. The molecule has 0 aromatic heterocycles. The van der Waals surface area contributed by atoms with Gasteiger partial charge in [0.05, 0.1) is 22.2 Å². The van der Waals surface area contributed by atoms with E-state index in [-0.39, 0.29) is 22.5 Å². The van der Waals surface area contributed by atoms with Crippen molar-refractivity contribution in [3.05, 3.63) is 34.1 Å². The molecule has 1 N–H and O–H groups in total.